The van der Waals surface area contributed by atoms with Gasteiger partial charge >= 0.3 is 0 Å². The Labute approximate surface area is 225 Å². The topological polar surface area (TPSA) is 45.6 Å². The van der Waals surface area contributed by atoms with Gasteiger partial charge in [0.2, 0.25) is 5.91 Å². The minimum absolute atomic E-state index is 0.0192. The van der Waals surface area contributed by atoms with Crippen molar-refractivity contribution < 1.29 is 9.59 Å². The van der Waals surface area contributed by atoms with Crippen LogP contribution >= 0.6 is 11.3 Å². The second kappa shape index (κ2) is 11.6. The smallest absolute Gasteiger partial charge is 0.272 e. The second-order valence-corrected chi connectivity index (χ2v) is 11.3. The summed E-state index contributed by atoms with van der Waals surface area (Å²) in [4.78, 5) is 31.6. The molecule has 2 atom stereocenters. The predicted octanol–water partition coefficient (Wildman–Crippen LogP) is 6.41. The Morgan fingerprint density at radius 2 is 2.00 bits per heavy atom. The SMILES string of the molecule is C=C/C=C1/C[C@H](N(C)CC(C)C(=O)N(CC)CCC)Cc2cn(C(=O)c3cc4ccccc4s3)c(C)c21. The van der Waals surface area contributed by atoms with Crippen molar-refractivity contribution in [3.05, 3.63) is 77.0 Å². The van der Waals surface area contributed by atoms with Crippen LogP contribution in [0.5, 0.6) is 0 Å². The minimum Gasteiger partial charge on any atom is -0.343 e. The van der Waals surface area contributed by atoms with E-state index in [0.29, 0.717) is 6.54 Å². The van der Waals surface area contributed by atoms with E-state index in [1.807, 2.05) is 60.7 Å². The van der Waals surface area contributed by atoms with E-state index in [4.69, 9.17) is 0 Å². The molecule has 1 amide bonds. The zero-order valence-electron chi connectivity index (χ0n) is 22.8. The highest BCUT2D eigenvalue weighted by atomic mass is 32.1. The highest BCUT2D eigenvalue weighted by molar-refractivity contribution is 7.20. The van der Waals surface area contributed by atoms with Gasteiger partial charge in [0.15, 0.2) is 0 Å². The molecule has 2 aromatic heterocycles. The number of carbonyl (C=O) groups is 2. The third kappa shape index (κ3) is 5.51. The number of rotatable bonds is 9. The molecule has 1 unspecified atom stereocenters. The lowest BCUT2D eigenvalue weighted by Gasteiger charge is -2.35. The lowest BCUT2D eigenvalue weighted by Crippen LogP contribution is -2.44. The van der Waals surface area contributed by atoms with Gasteiger partial charge in [-0.15, -0.1) is 11.3 Å². The maximum atomic E-state index is 13.6. The molecule has 5 nitrogen and oxygen atoms in total. The summed E-state index contributed by atoms with van der Waals surface area (Å²) in [6.45, 7) is 14.5. The molecule has 1 aliphatic rings. The number of fused-ring (bicyclic) bond motifs is 2. The van der Waals surface area contributed by atoms with Crippen LogP contribution in [0.4, 0.5) is 0 Å². The first kappa shape index (κ1) is 27.1. The summed E-state index contributed by atoms with van der Waals surface area (Å²) in [6.07, 6.45) is 8.63. The standard InChI is InChI=1S/C31H39N3O2S/c1-7-12-24-16-26(32(6)19-21(4)30(35)33(9-3)15-8-2)17-25-20-34(22(5)29(24)25)31(36)28-18-23-13-10-11-14-27(23)37-28/h7,10-14,18,20-21,26H,1,8-9,15-17,19H2,2-6H3/b24-12-/t21?,26-/m0/s1. The molecule has 0 bridgehead atoms. The van der Waals surface area contributed by atoms with E-state index in [-0.39, 0.29) is 23.8 Å². The Balaban J connectivity index is 1.58. The van der Waals surface area contributed by atoms with Gasteiger partial charge < -0.3 is 9.80 Å². The number of thiophene rings is 1. The number of hydrogen-bond acceptors (Lipinski definition) is 4. The first-order valence-corrected chi connectivity index (χ1v) is 14.2. The van der Waals surface area contributed by atoms with Crippen LogP contribution in [0.2, 0.25) is 0 Å². The summed E-state index contributed by atoms with van der Waals surface area (Å²) < 4.78 is 2.95. The Hall–Kier alpha value is -2.96. The molecule has 37 heavy (non-hydrogen) atoms. The minimum atomic E-state index is -0.0643. The lowest BCUT2D eigenvalue weighted by atomic mass is 9.84. The van der Waals surface area contributed by atoms with Crippen molar-refractivity contribution in [2.45, 2.75) is 53.0 Å². The van der Waals surface area contributed by atoms with Crippen LogP contribution in [0.15, 0.2) is 55.3 Å². The molecule has 0 radical (unpaired) electrons. The summed E-state index contributed by atoms with van der Waals surface area (Å²) in [5.41, 5.74) is 4.54. The monoisotopic (exact) mass is 517 g/mol. The van der Waals surface area contributed by atoms with Crippen molar-refractivity contribution >= 4 is 38.8 Å². The third-order valence-electron chi connectivity index (χ3n) is 7.53. The number of hydrogen-bond donors (Lipinski definition) is 0. The molecule has 0 N–H and O–H groups in total. The number of aromatic nitrogens is 1. The normalized spacial score (nSPS) is 17.2. The molecule has 3 aromatic rings. The first-order valence-electron chi connectivity index (χ1n) is 13.3. The maximum Gasteiger partial charge on any atom is 0.272 e. The van der Waals surface area contributed by atoms with Gasteiger partial charge in [0.25, 0.3) is 5.91 Å². The van der Waals surface area contributed by atoms with Gasteiger partial charge in [-0.2, -0.15) is 0 Å². The van der Waals surface area contributed by atoms with Crippen LogP contribution in [0.25, 0.3) is 15.7 Å². The predicted molar refractivity (Wildman–Crippen MR) is 155 cm³/mol. The third-order valence-corrected chi connectivity index (χ3v) is 8.63. The van der Waals surface area contributed by atoms with E-state index >= 15 is 0 Å². The van der Waals surface area contributed by atoms with Gasteiger partial charge in [0, 0.05) is 53.7 Å². The van der Waals surface area contributed by atoms with Crippen LogP contribution in [-0.4, -0.2) is 58.9 Å². The Kier molecular flexibility index (Phi) is 8.50. The molecule has 196 valence electrons. The van der Waals surface area contributed by atoms with E-state index in [1.54, 1.807) is 11.3 Å². The number of nitrogens with zero attached hydrogens (tertiary/aromatic N) is 3. The number of allylic oxidation sites excluding steroid dienone is 2. The Bertz CT molecular complexity index is 1300. The van der Waals surface area contributed by atoms with Gasteiger partial charge in [-0.3, -0.25) is 14.2 Å². The van der Waals surface area contributed by atoms with Crippen LogP contribution < -0.4 is 0 Å². The molecule has 4 rings (SSSR count). The molecular formula is C31H39N3O2S. The van der Waals surface area contributed by atoms with Crippen LogP contribution in [0.1, 0.15) is 60.1 Å². The van der Waals surface area contributed by atoms with Gasteiger partial charge in [0.05, 0.1) is 4.88 Å². The average Bonchev–Trinajstić information content (AvgIpc) is 3.47. The largest absolute Gasteiger partial charge is 0.343 e. The molecule has 0 fully saturated rings. The van der Waals surface area contributed by atoms with Crippen LogP contribution in [0.3, 0.4) is 0 Å². The molecule has 0 saturated carbocycles. The quantitative estimate of drug-likeness (QED) is 0.329. The highest BCUT2D eigenvalue weighted by Crippen LogP contribution is 2.37. The summed E-state index contributed by atoms with van der Waals surface area (Å²) in [6, 6.07) is 10.4. The van der Waals surface area contributed by atoms with Crippen molar-refractivity contribution in [2.75, 3.05) is 26.7 Å². The van der Waals surface area contributed by atoms with Gasteiger partial charge in [-0.05, 0) is 68.8 Å². The Morgan fingerprint density at radius 1 is 1.24 bits per heavy atom. The van der Waals surface area contributed by atoms with Crippen molar-refractivity contribution in [3.8, 4) is 0 Å². The zero-order valence-corrected chi connectivity index (χ0v) is 23.6. The lowest BCUT2D eigenvalue weighted by molar-refractivity contribution is -0.135. The zero-order chi connectivity index (χ0) is 26.7. The van der Waals surface area contributed by atoms with E-state index in [0.717, 1.165) is 53.0 Å². The average molecular weight is 518 g/mol. The molecule has 2 heterocycles. The van der Waals surface area contributed by atoms with Crippen molar-refractivity contribution in [3.63, 3.8) is 0 Å². The molecule has 0 aliphatic heterocycles. The Morgan fingerprint density at radius 3 is 2.68 bits per heavy atom. The molecule has 1 aliphatic carbocycles. The fraction of sp³-hybridized carbons (Fsp3) is 0.419. The fourth-order valence-electron chi connectivity index (χ4n) is 5.63. The van der Waals surface area contributed by atoms with Crippen molar-refractivity contribution in [1.82, 2.24) is 14.4 Å². The number of carbonyl (C=O) groups excluding carboxylic acids is 2. The summed E-state index contributed by atoms with van der Waals surface area (Å²) in [5.74, 6) is 0.182. The van der Waals surface area contributed by atoms with E-state index in [9.17, 15) is 9.59 Å². The fourth-order valence-corrected chi connectivity index (χ4v) is 6.63. The van der Waals surface area contributed by atoms with Crippen LogP contribution in [-0.2, 0) is 11.2 Å². The number of amides is 1. The number of benzene rings is 1. The molecule has 1 aromatic carbocycles. The summed E-state index contributed by atoms with van der Waals surface area (Å²) >= 11 is 1.54. The van der Waals surface area contributed by atoms with E-state index in [2.05, 4.69) is 43.7 Å². The first-order chi connectivity index (χ1) is 17.8. The molecule has 0 spiro atoms. The summed E-state index contributed by atoms with van der Waals surface area (Å²) in [5, 5.41) is 1.10. The second-order valence-electron chi connectivity index (χ2n) is 10.2. The summed E-state index contributed by atoms with van der Waals surface area (Å²) in [7, 11) is 2.12. The molecule has 0 saturated heterocycles. The van der Waals surface area contributed by atoms with E-state index < -0.39 is 0 Å². The van der Waals surface area contributed by atoms with Gasteiger partial charge in [-0.25, -0.2) is 0 Å². The molecule has 6 heteroatoms. The van der Waals surface area contributed by atoms with Crippen molar-refractivity contribution in [1.29, 1.82) is 0 Å². The number of likely N-dealkylation sites (N-methyl/N-ethyl adjacent to an activating group) is 1. The molecular weight excluding hydrogens is 478 g/mol. The highest BCUT2D eigenvalue weighted by Gasteiger charge is 2.31. The van der Waals surface area contributed by atoms with Gasteiger partial charge in [-0.1, -0.05) is 50.8 Å². The van der Waals surface area contributed by atoms with Crippen molar-refractivity contribution in [2.24, 2.45) is 5.92 Å². The maximum absolute atomic E-state index is 13.6. The van der Waals surface area contributed by atoms with Crippen LogP contribution in [0, 0.1) is 12.8 Å². The van der Waals surface area contributed by atoms with E-state index in [1.165, 1.54) is 16.7 Å². The van der Waals surface area contributed by atoms with Gasteiger partial charge in [0.1, 0.15) is 0 Å².